The highest BCUT2D eigenvalue weighted by molar-refractivity contribution is 5.95. The lowest BCUT2D eigenvalue weighted by Gasteiger charge is -2.32. The fourth-order valence-corrected chi connectivity index (χ4v) is 2.25. The maximum absolute atomic E-state index is 12.0. The molecule has 0 radical (unpaired) electrons. The predicted molar refractivity (Wildman–Crippen MR) is 73.7 cm³/mol. The van der Waals surface area contributed by atoms with Crippen molar-refractivity contribution in [2.45, 2.75) is 12.8 Å². The lowest BCUT2D eigenvalue weighted by atomic mass is 10.1. The molecular formula is C14H21N3O. The first kappa shape index (κ1) is 13.1. The SMILES string of the molecule is CN1CCN(c2cccc(CCCN)c2)C(=O)C1. The summed E-state index contributed by atoms with van der Waals surface area (Å²) < 4.78 is 0. The van der Waals surface area contributed by atoms with Crippen molar-refractivity contribution in [3.63, 3.8) is 0 Å². The summed E-state index contributed by atoms with van der Waals surface area (Å²) in [7, 11) is 1.98. The molecule has 1 fully saturated rings. The van der Waals surface area contributed by atoms with E-state index in [1.54, 1.807) is 0 Å². The Kier molecular flexibility index (Phi) is 4.33. The molecule has 1 aliphatic rings. The number of hydrogen-bond acceptors (Lipinski definition) is 3. The molecule has 0 aromatic heterocycles. The van der Waals surface area contributed by atoms with Gasteiger partial charge in [-0.2, -0.15) is 0 Å². The van der Waals surface area contributed by atoms with E-state index in [9.17, 15) is 4.79 Å². The summed E-state index contributed by atoms with van der Waals surface area (Å²) in [5.41, 5.74) is 7.80. The van der Waals surface area contributed by atoms with Crippen LogP contribution in [-0.2, 0) is 11.2 Å². The van der Waals surface area contributed by atoms with Crippen molar-refractivity contribution in [2.24, 2.45) is 5.73 Å². The van der Waals surface area contributed by atoms with Gasteiger partial charge in [-0.3, -0.25) is 9.69 Å². The first-order valence-corrected chi connectivity index (χ1v) is 6.48. The smallest absolute Gasteiger partial charge is 0.241 e. The molecule has 0 aliphatic carbocycles. The monoisotopic (exact) mass is 247 g/mol. The van der Waals surface area contributed by atoms with Crippen LogP contribution in [0.1, 0.15) is 12.0 Å². The van der Waals surface area contributed by atoms with Crippen LogP contribution >= 0.6 is 0 Å². The number of anilines is 1. The molecule has 1 aromatic carbocycles. The number of nitrogens with two attached hydrogens (primary N) is 1. The van der Waals surface area contributed by atoms with Crippen molar-refractivity contribution >= 4 is 11.6 Å². The fourth-order valence-electron chi connectivity index (χ4n) is 2.25. The lowest BCUT2D eigenvalue weighted by molar-refractivity contribution is -0.120. The van der Waals surface area contributed by atoms with Crippen LogP contribution in [0.25, 0.3) is 0 Å². The Morgan fingerprint density at radius 3 is 2.89 bits per heavy atom. The van der Waals surface area contributed by atoms with Crippen LogP contribution in [0.4, 0.5) is 5.69 Å². The van der Waals surface area contributed by atoms with Gasteiger partial charge in [0, 0.05) is 18.8 Å². The van der Waals surface area contributed by atoms with Crippen molar-refractivity contribution in [2.75, 3.05) is 38.1 Å². The minimum atomic E-state index is 0.180. The van der Waals surface area contributed by atoms with Crippen LogP contribution in [0.5, 0.6) is 0 Å². The molecule has 1 aliphatic heterocycles. The van der Waals surface area contributed by atoms with E-state index >= 15 is 0 Å². The molecule has 4 heteroatoms. The number of likely N-dealkylation sites (N-methyl/N-ethyl adjacent to an activating group) is 1. The normalized spacial score (nSPS) is 17.2. The zero-order valence-electron chi connectivity index (χ0n) is 10.9. The molecule has 4 nitrogen and oxygen atoms in total. The molecule has 0 spiro atoms. The third kappa shape index (κ3) is 3.09. The fraction of sp³-hybridized carbons (Fsp3) is 0.500. The maximum Gasteiger partial charge on any atom is 0.241 e. The molecule has 98 valence electrons. The Hall–Kier alpha value is -1.39. The van der Waals surface area contributed by atoms with Crippen molar-refractivity contribution in [3.8, 4) is 0 Å². The second-order valence-corrected chi connectivity index (χ2v) is 4.85. The van der Waals surface area contributed by atoms with E-state index in [1.807, 2.05) is 24.1 Å². The third-order valence-corrected chi connectivity index (χ3v) is 3.30. The van der Waals surface area contributed by atoms with Crippen molar-refractivity contribution in [3.05, 3.63) is 29.8 Å². The highest BCUT2D eigenvalue weighted by atomic mass is 16.2. The summed E-state index contributed by atoms with van der Waals surface area (Å²) in [6.07, 6.45) is 1.96. The summed E-state index contributed by atoms with van der Waals surface area (Å²) in [6, 6.07) is 8.24. The largest absolute Gasteiger partial charge is 0.330 e. The quantitative estimate of drug-likeness (QED) is 0.858. The van der Waals surface area contributed by atoms with E-state index in [0.717, 1.165) is 31.6 Å². The molecule has 1 amide bonds. The number of aryl methyl sites for hydroxylation is 1. The predicted octanol–water partition coefficient (Wildman–Crippen LogP) is 0.856. The van der Waals surface area contributed by atoms with E-state index in [-0.39, 0.29) is 5.91 Å². The van der Waals surface area contributed by atoms with Gasteiger partial charge in [0.25, 0.3) is 0 Å². The summed E-state index contributed by atoms with van der Waals surface area (Å²) in [5, 5.41) is 0. The molecule has 0 bridgehead atoms. The number of rotatable bonds is 4. The Morgan fingerprint density at radius 1 is 1.33 bits per heavy atom. The van der Waals surface area contributed by atoms with Gasteiger partial charge in [-0.1, -0.05) is 12.1 Å². The molecule has 0 unspecified atom stereocenters. The number of carbonyl (C=O) groups is 1. The van der Waals surface area contributed by atoms with Crippen LogP contribution in [0.3, 0.4) is 0 Å². The molecule has 1 saturated heterocycles. The van der Waals surface area contributed by atoms with Gasteiger partial charge in [-0.25, -0.2) is 0 Å². The number of carbonyl (C=O) groups excluding carboxylic acids is 1. The summed E-state index contributed by atoms with van der Waals surface area (Å²) >= 11 is 0. The van der Waals surface area contributed by atoms with Gasteiger partial charge in [-0.15, -0.1) is 0 Å². The summed E-state index contributed by atoms with van der Waals surface area (Å²) in [4.78, 5) is 15.9. The molecule has 2 N–H and O–H groups in total. The lowest BCUT2D eigenvalue weighted by Crippen LogP contribution is -2.48. The molecule has 18 heavy (non-hydrogen) atoms. The second kappa shape index (κ2) is 5.98. The van der Waals surface area contributed by atoms with Gasteiger partial charge >= 0.3 is 0 Å². The zero-order chi connectivity index (χ0) is 13.0. The number of nitrogens with zero attached hydrogens (tertiary/aromatic N) is 2. The summed E-state index contributed by atoms with van der Waals surface area (Å²) in [5.74, 6) is 0.180. The number of hydrogen-bond donors (Lipinski definition) is 1. The molecule has 0 atom stereocenters. The topological polar surface area (TPSA) is 49.6 Å². The standard InChI is InChI=1S/C14H21N3O/c1-16-8-9-17(14(18)11-16)13-6-2-4-12(10-13)5-3-7-15/h2,4,6,10H,3,5,7-9,11,15H2,1H3. The number of amides is 1. The highest BCUT2D eigenvalue weighted by Gasteiger charge is 2.22. The number of piperazine rings is 1. The van der Waals surface area contributed by atoms with Crippen molar-refractivity contribution < 1.29 is 4.79 Å². The van der Waals surface area contributed by atoms with E-state index < -0.39 is 0 Å². The van der Waals surface area contributed by atoms with Gasteiger partial charge in [-0.05, 0) is 44.1 Å². The molecule has 2 rings (SSSR count). The average Bonchev–Trinajstić information content (AvgIpc) is 2.36. The molecule has 1 aromatic rings. The second-order valence-electron chi connectivity index (χ2n) is 4.85. The van der Waals surface area contributed by atoms with Crippen LogP contribution < -0.4 is 10.6 Å². The third-order valence-electron chi connectivity index (χ3n) is 3.30. The van der Waals surface area contributed by atoms with Crippen LogP contribution in [0, 0.1) is 0 Å². The van der Waals surface area contributed by atoms with Gasteiger partial charge in [0.1, 0.15) is 0 Å². The molecule has 1 heterocycles. The maximum atomic E-state index is 12.0. The van der Waals surface area contributed by atoms with E-state index in [1.165, 1.54) is 5.56 Å². The van der Waals surface area contributed by atoms with E-state index in [2.05, 4.69) is 17.0 Å². The Labute approximate surface area is 108 Å². The van der Waals surface area contributed by atoms with Gasteiger partial charge in [0.15, 0.2) is 0 Å². The van der Waals surface area contributed by atoms with Crippen molar-refractivity contribution in [1.82, 2.24) is 4.90 Å². The van der Waals surface area contributed by atoms with Crippen LogP contribution in [0.2, 0.25) is 0 Å². The first-order valence-electron chi connectivity index (χ1n) is 6.48. The van der Waals surface area contributed by atoms with Crippen molar-refractivity contribution in [1.29, 1.82) is 0 Å². The Bertz CT molecular complexity index is 419. The number of benzene rings is 1. The Morgan fingerprint density at radius 2 is 2.17 bits per heavy atom. The van der Waals surface area contributed by atoms with Crippen LogP contribution in [0.15, 0.2) is 24.3 Å². The minimum Gasteiger partial charge on any atom is -0.330 e. The van der Waals surface area contributed by atoms with E-state index in [0.29, 0.717) is 13.1 Å². The zero-order valence-corrected chi connectivity index (χ0v) is 10.9. The average molecular weight is 247 g/mol. The molecule has 0 saturated carbocycles. The van der Waals surface area contributed by atoms with E-state index in [4.69, 9.17) is 5.73 Å². The van der Waals surface area contributed by atoms with Gasteiger partial charge in [0.2, 0.25) is 5.91 Å². The first-order chi connectivity index (χ1) is 8.70. The minimum absolute atomic E-state index is 0.180. The van der Waals surface area contributed by atoms with Gasteiger partial charge in [0.05, 0.1) is 6.54 Å². The Balaban J connectivity index is 2.10. The highest BCUT2D eigenvalue weighted by Crippen LogP contribution is 2.19. The molecular weight excluding hydrogens is 226 g/mol. The van der Waals surface area contributed by atoms with Crippen LogP contribution in [-0.4, -0.2) is 44.0 Å². The van der Waals surface area contributed by atoms with Gasteiger partial charge < -0.3 is 10.6 Å². The summed E-state index contributed by atoms with van der Waals surface area (Å²) in [6.45, 7) is 2.92.